The van der Waals surface area contributed by atoms with Gasteiger partial charge in [-0.1, -0.05) is 11.3 Å². The molecule has 1 N–H and O–H groups in total. The van der Waals surface area contributed by atoms with Crippen LogP contribution in [0.25, 0.3) is 10.2 Å². The van der Waals surface area contributed by atoms with Gasteiger partial charge >= 0.3 is 0 Å². The van der Waals surface area contributed by atoms with E-state index in [1.54, 1.807) is 11.8 Å². The van der Waals surface area contributed by atoms with E-state index in [9.17, 15) is 4.79 Å². The Morgan fingerprint density at radius 3 is 3.09 bits per heavy atom. The highest BCUT2D eigenvalue weighted by atomic mass is 32.1. The molecule has 118 valence electrons. The topological polar surface area (TPSA) is 69.0 Å². The summed E-state index contributed by atoms with van der Waals surface area (Å²) >= 11 is 1.46. The summed E-state index contributed by atoms with van der Waals surface area (Å²) in [6.07, 6.45) is 4.68. The maximum Gasteiger partial charge on any atom is 0.229 e. The molecule has 2 aromatic heterocycles. The van der Waals surface area contributed by atoms with Crippen molar-refractivity contribution in [2.24, 2.45) is 13.0 Å². The summed E-state index contributed by atoms with van der Waals surface area (Å²) in [5, 5.41) is 7.74. The number of carbonyl (C=O) groups is 1. The molecule has 1 aromatic carbocycles. The summed E-state index contributed by atoms with van der Waals surface area (Å²) in [4.78, 5) is 16.8. The highest BCUT2D eigenvalue weighted by Crippen LogP contribution is 2.48. The zero-order chi connectivity index (χ0) is 16.0. The number of aromatic nitrogens is 3. The largest absolute Gasteiger partial charge is 0.497 e. The summed E-state index contributed by atoms with van der Waals surface area (Å²) in [5.74, 6) is 1.11. The molecule has 0 spiro atoms. The van der Waals surface area contributed by atoms with E-state index in [1.165, 1.54) is 11.3 Å². The minimum atomic E-state index is 0.0146. The van der Waals surface area contributed by atoms with Gasteiger partial charge in [-0.2, -0.15) is 5.10 Å². The second kappa shape index (κ2) is 5.34. The lowest BCUT2D eigenvalue weighted by atomic mass is 10.2. The van der Waals surface area contributed by atoms with Crippen LogP contribution in [0, 0.1) is 5.92 Å². The van der Waals surface area contributed by atoms with Crippen molar-refractivity contribution in [1.29, 1.82) is 0 Å². The Hall–Kier alpha value is -2.41. The molecule has 0 saturated heterocycles. The minimum absolute atomic E-state index is 0.0146. The molecule has 7 heteroatoms. The first-order valence-corrected chi connectivity index (χ1v) is 8.19. The number of nitrogens with zero attached hydrogens (tertiary/aromatic N) is 3. The van der Waals surface area contributed by atoms with Gasteiger partial charge < -0.3 is 10.1 Å². The molecule has 4 rings (SSSR count). The van der Waals surface area contributed by atoms with Crippen molar-refractivity contribution < 1.29 is 9.53 Å². The highest BCUT2D eigenvalue weighted by molar-refractivity contribution is 7.22. The fourth-order valence-corrected chi connectivity index (χ4v) is 3.67. The molecule has 0 radical (unpaired) electrons. The summed E-state index contributed by atoms with van der Waals surface area (Å²) in [6.45, 7) is 0. The molecule has 6 nitrogen and oxygen atoms in total. The van der Waals surface area contributed by atoms with E-state index in [0.717, 1.165) is 28.0 Å². The second-order valence-corrected chi connectivity index (χ2v) is 6.77. The van der Waals surface area contributed by atoms with Crippen LogP contribution in [0.2, 0.25) is 0 Å². The van der Waals surface area contributed by atoms with Crippen LogP contribution in [0.1, 0.15) is 17.9 Å². The van der Waals surface area contributed by atoms with Gasteiger partial charge in [0.2, 0.25) is 5.91 Å². The molecule has 2 heterocycles. The number of ether oxygens (including phenoxy) is 1. The fourth-order valence-electron chi connectivity index (χ4n) is 2.77. The summed E-state index contributed by atoms with van der Waals surface area (Å²) in [6, 6.07) is 5.70. The number of hydrogen-bond donors (Lipinski definition) is 1. The van der Waals surface area contributed by atoms with E-state index < -0.39 is 0 Å². The van der Waals surface area contributed by atoms with Crippen molar-refractivity contribution >= 4 is 32.6 Å². The van der Waals surface area contributed by atoms with Crippen molar-refractivity contribution in [3.8, 4) is 5.75 Å². The molecule has 1 fully saturated rings. The van der Waals surface area contributed by atoms with Crippen LogP contribution in [0.5, 0.6) is 5.75 Å². The Morgan fingerprint density at radius 2 is 2.35 bits per heavy atom. The number of methoxy groups -OCH3 is 1. The van der Waals surface area contributed by atoms with Crippen LogP contribution in [-0.4, -0.2) is 27.8 Å². The average Bonchev–Trinajstić information content (AvgIpc) is 3.07. The van der Waals surface area contributed by atoms with E-state index in [1.807, 2.05) is 37.6 Å². The number of hydrogen-bond acceptors (Lipinski definition) is 5. The maximum atomic E-state index is 12.4. The van der Waals surface area contributed by atoms with Crippen molar-refractivity contribution in [2.75, 3.05) is 12.4 Å². The average molecular weight is 328 g/mol. The van der Waals surface area contributed by atoms with Crippen LogP contribution >= 0.6 is 11.3 Å². The summed E-state index contributed by atoms with van der Waals surface area (Å²) < 4.78 is 7.98. The van der Waals surface area contributed by atoms with Crippen LogP contribution in [0.3, 0.4) is 0 Å². The van der Waals surface area contributed by atoms with Crippen LogP contribution in [0.15, 0.2) is 30.6 Å². The Morgan fingerprint density at radius 1 is 1.48 bits per heavy atom. The van der Waals surface area contributed by atoms with E-state index in [4.69, 9.17) is 4.74 Å². The van der Waals surface area contributed by atoms with E-state index >= 15 is 0 Å². The van der Waals surface area contributed by atoms with Crippen molar-refractivity contribution in [3.05, 3.63) is 36.2 Å². The van der Waals surface area contributed by atoms with Gasteiger partial charge in [-0.05, 0) is 36.1 Å². The van der Waals surface area contributed by atoms with Crippen molar-refractivity contribution in [3.63, 3.8) is 0 Å². The zero-order valence-corrected chi connectivity index (χ0v) is 13.6. The predicted octanol–water partition coefficient (Wildman–Crippen LogP) is 2.78. The Bertz CT molecular complexity index is 885. The van der Waals surface area contributed by atoms with Gasteiger partial charge in [0.1, 0.15) is 5.75 Å². The molecule has 0 bridgehead atoms. The van der Waals surface area contributed by atoms with E-state index in [2.05, 4.69) is 15.4 Å². The number of nitrogens with one attached hydrogen (secondary N) is 1. The molecule has 1 aliphatic carbocycles. The molecule has 1 aliphatic rings. The predicted molar refractivity (Wildman–Crippen MR) is 88.9 cm³/mol. The van der Waals surface area contributed by atoms with Crippen molar-refractivity contribution in [2.45, 2.75) is 12.3 Å². The Balaban J connectivity index is 1.47. The first-order chi connectivity index (χ1) is 11.1. The normalized spacial score (nSPS) is 19.7. The molecule has 1 amide bonds. The van der Waals surface area contributed by atoms with Gasteiger partial charge in [-0.25, -0.2) is 4.98 Å². The molecule has 3 aromatic rings. The lowest BCUT2D eigenvalue weighted by Gasteiger charge is -1.99. The van der Waals surface area contributed by atoms with Gasteiger partial charge in [-0.3, -0.25) is 9.48 Å². The lowest BCUT2D eigenvalue weighted by molar-refractivity contribution is -0.117. The lowest BCUT2D eigenvalue weighted by Crippen LogP contribution is -2.14. The fraction of sp³-hybridized carbons (Fsp3) is 0.312. The Labute approximate surface area is 137 Å². The third-order valence-electron chi connectivity index (χ3n) is 4.11. The van der Waals surface area contributed by atoms with Gasteiger partial charge in [0.05, 0.1) is 23.5 Å². The SMILES string of the molecule is COc1ccc2nc(NC(=O)[C@@H]3C[C@@H]3c3cnn(C)c3)sc2c1. The number of anilines is 1. The first kappa shape index (κ1) is 14.2. The quantitative estimate of drug-likeness (QED) is 0.799. The standard InChI is InChI=1S/C16H16N4O2S/c1-20-8-9(7-17-20)11-6-12(11)15(21)19-16-18-13-4-3-10(22-2)5-14(13)23-16/h3-5,7-8,11-12H,6H2,1-2H3,(H,18,19,21)/t11-,12-/m1/s1. The van der Waals surface area contributed by atoms with Crippen LogP contribution < -0.4 is 10.1 Å². The third kappa shape index (κ3) is 2.68. The minimum Gasteiger partial charge on any atom is -0.497 e. The van der Waals surface area contributed by atoms with E-state index in [-0.39, 0.29) is 17.7 Å². The molecular weight excluding hydrogens is 312 g/mol. The monoisotopic (exact) mass is 328 g/mol. The summed E-state index contributed by atoms with van der Waals surface area (Å²) in [5.41, 5.74) is 1.99. The number of thiazole rings is 1. The Kier molecular flexibility index (Phi) is 3.30. The maximum absolute atomic E-state index is 12.4. The smallest absolute Gasteiger partial charge is 0.229 e. The van der Waals surface area contributed by atoms with Gasteiger partial charge in [0.25, 0.3) is 0 Å². The second-order valence-electron chi connectivity index (χ2n) is 5.74. The number of fused-ring (bicyclic) bond motifs is 1. The van der Waals surface area contributed by atoms with Gasteiger partial charge in [0, 0.05) is 19.2 Å². The molecule has 1 saturated carbocycles. The number of carbonyl (C=O) groups excluding carboxylic acids is 1. The highest BCUT2D eigenvalue weighted by Gasteiger charge is 2.44. The molecule has 0 aliphatic heterocycles. The van der Waals surface area contributed by atoms with Gasteiger partial charge in [-0.15, -0.1) is 0 Å². The molecule has 23 heavy (non-hydrogen) atoms. The number of aryl methyl sites for hydroxylation is 1. The number of benzene rings is 1. The molecule has 0 unspecified atom stereocenters. The number of amides is 1. The van der Waals surface area contributed by atoms with Crippen LogP contribution in [-0.2, 0) is 11.8 Å². The van der Waals surface area contributed by atoms with Crippen molar-refractivity contribution in [1.82, 2.24) is 14.8 Å². The van der Waals surface area contributed by atoms with Gasteiger partial charge in [0.15, 0.2) is 5.13 Å². The van der Waals surface area contributed by atoms with E-state index in [0.29, 0.717) is 5.13 Å². The molecule has 2 atom stereocenters. The van der Waals surface area contributed by atoms with Crippen LogP contribution in [0.4, 0.5) is 5.13 Å². The summed E-state index contributed by atoms with van der Waals surface area (Å²) in [7, 11) is 3.52. The first-order valence-electron chi connectivity index (χ1n) is 7.38. The zero-order valence-electron chi connectivity index (χ0n) is 12.8. The number of rotatable bonds is 4. The molecular formula is C16H16N4O2S. The third-order valence-corrected chi connectivity index (χ3v) is 5.04.